The second-order valence-electron chi connectivity index (χ2n) is 4.96. The SMILES string of the molecule is CNCC1CN(CC(=O)Nc2cc(Cl)ccc2Cl)CCO1. The van der Waals surface area contributed by atoms with Gasteiger partial charge in [0.15, 0.2) is 0 Å². The van der Waals surface area contributed by atoms with Crippen LogP contribution >= 0.6 is 23.2 Å². The first-order valence-corrected chi connectivity index (χ1v) is 7.57. The number of carbonyl (C=O) groups excluding carboxylic acids is 1. The Morgan fingerprint density at radius 2 is 2.29 bits per heavy atom. The second kappa shape index (κ2) is 7.96. The standard InChI is InChI=1S/C14H19Cl2N3O2/c1-17-7-11-8-19(4-5-21-11)9-14(20)18-13-6-10(15)2-3-12(13)16/h2-3,6,11,17H,4-5,7-9H2,1H3,(H,18,20). The van der Waals surface area contributed by atoms with Gasteiger partial charge in [0.05, 0.1) is 30.0 Å². The molecule has 0 aromatic heterocycles. The molecule has 0 spiro atoms. The first-order valence-electron chi connectivity index (χ1n) is 6.82. The molecule has 2 N–H and O–H groups in total. The van der Waals surface area contributed by atoms with Gasteiger partial charge in [-0.2, -0.15) is 0 Å². The van der Waals surface area contributed by atoms with Gasteiger partial charge in [-0.1, -0.05) is 23.2 Å². The van der Waals surface area contributed by atoms with E-state index >= 15 is 0 Å². The number of hydrogen-bond acceptors (Lipinski definition) is 4. The van der Waals surface area contributed by atoms with Gasteiger partial charge >= 0.3 is 0 Å². The minimum atomic E-state index is -0.107. The number of anilines is 1. The van der Waals surface area contributed by atoms with Crippen molar-refractivity contribution < 1.29 is 9.53 Å². The normalized spacial score (nSPS) is 19.5. The first-order chi connectivity index (χ1) is 10.1. The molecule has 1 aromatic carbocycles. The number of ether oxygens (including phenoxy) is 1. The van der Waals surface area contributed by atoms with E-state index in [-0.39, 0.29) is 12.0 Å². The van der Waals surface area contributed by atoms with E-state index in [0.29, 0.717) is 28.9 Å². The number of benzene rings is 1. The predicted octanol–water partition coefficient (Wildman–Crippen LogP) is 1.85. The summed E-state index contributed by atoms with van der Waals surface area (Å²) in [4.78, 5) is 14.2. The van der Waals surface area contributed by atoms with Gasteiger partial charge in [-0.25, -0.2) is 0 Å². The topological polar surface area (TPSA) is 53.6 Å². The van der Waals surface area contributed by atoms with E-state index in [4.69, 9.17) is 27.9 Å². The molecule has 1 atom stereocenters. The van der Waals surface area contributed by atoms with Crippen molar-refractivity contribution >= 4 is 34.8 Å². The zero-order chi connectivity index (χ0) is 15.2. The van der Waals surface area contributed by atoms with Crippen LogP contribution in [-0.2, 0) is 9.53 Å². The molecular formula is C14H19Cl2N3O2. The molecule has 2 rings (SSSR count). The molecule has 1 heterocycles. The number of morpholine rings is 1. The van der Waals surface area contributed by atoms with E-state index in [1.807, 2.05) is 7.05 Å². The molecule has 1 aliphatic rings. The summed E-state index contributed by atoms with van der Waals surface area (Å²) < 4.78 is 5.61. The number of hydrogen-bond donors (Lipinski definition) is 2. The second-order valence-corrected chi connectivity index (χ2v) is 5.80. The van der Waals surface area contributed by atoms with Crippen LogP contribution in [0.25, 0.3) is 0 Å². The summed E-state index contributed by atoms with van der Waals surface area (Å²) >= 11 is 11.9. The zero-order valence-electron chi connectivity index (χ0n) is 11.9. The average molecular weight is 332 g/mol. The number of nitrogens with zero attached hydrogens (tertiary/aromatic N) is 1. The molecule has 116 valence electrons. The lowest BCUT2D eigenvalue weighted by molar-refractivity contribution is -0.119. The molecule has 0 aliphatic carbocycles. The summed E-state index contributed by atoms with van der Waals surface area (Å²) in [5.74, 6) is -0.107. The number of amides is 1. The van der Waals surface area contributed by atoms with Crippen LogP contribution in [0.5, 0.6) is 0 Å². The predicted molar refractivity (Wildman–Crippen MR) is 85.2 cm³/mol. The Balaban J connectivity index is 1.88. The lowest BCUT2D eigenvalue weighted by atomic mass is 10.2. The van der Waals surface area contributed by atoms with Crippen LogP contribution in [0.3, 0.4) is 0 Å². The Hall–Kier alpha value is -0.850. The lowest BCUT2D eigenvalue weighted by Crippen LogP contribution is -2.48. The molecule has 1 aliphatic heterocycles. The number of rotatable bonds is 5. The van der Waals surface area contributed by atoms with E-state index in [1.165, 1.54) is 0 Å². The van der Waals surface area contributed by atoms with Crippen molar-refractivity contribution in [2.24, 2.45) is 0 Å². The van der Waals surface area contributed by atoms with Crippen LogP contribution in [0.4, 0.5) is 5.69 Å². The Labute approximate surface area is 134 Å². The number of carbonyl (C=O) groups is 1. The molecule has 1 aromatic rings. The largest absolute Gasteiger partial charge is 0.374 e. The van der Waals surface area contributed by atoms with Crippen molar-refractivity contribution in [1.29, 1.82) is 0 Å². The fourth-order valence-electron chi connectivity index (χ4n) is 2.26. The number of nitrogens with one attached hydrogen (secondary N) is 2. The summed E-state index contributed by atoms with van der Waals surface area (Å²) in [7, 11) is 1.89. The zero-order valence-corrected chi connectivity index (χ0v) is 13.4. The van der Waals surface area contributed by atoms with Gasteiger partial charge in [0, 0.05) is 24.7 Å². The third kappa shape index (κ3) is 5.13. The third-order valence-electron chi connectivity index (χ3n) is 3.22. The van der Waals surface area contributed by atoms with Crippen molar-refractivity contribution in [1.82, 2.24) is 10.2 Å². The third-order valence-corrected chi connectivity index (χ3v) is 3.79. The molecule has 0 radical (unpaired) electrons. The van der Waals surface area contributed by atoms with Gasteiger partial charge in [-0.3, -0.25) is 9.69 Å². The monoisotopic (exact) mass is 331 g/mol. The minimum absolute atomic E-state index is 0.107. The molecule has 5 nitrogen and oxygen atoms in total. The fraction of sp³-hybridized carbons (Fsp3) is 0.500. The highest BCUT2D eigenvalue weighted by molar-refractivity contribution is 6.35. The average Bonchev–Trinajstić information content (AvgIpc) is 2.43. The van der Waals surface area contributed by atoms with E-state index in [0.717, 1.165) is 19.6 Å². The molecule has 1 fully saturated rings. The van der Waals surface area contributed by atoms with Gasteiger partial charge in [0.2, 0.25) is 5.91 Å². The van der Waals surface area contributed by atoms with Crippen molar-refractivity contribution in [2.75, 3.05) is 45.2 Å². The van der Waals surface area contributed by atoms with E-state index in [9.17, 15) is 4.79 Å². The van der Waals surface area contributed by atoms with Crippen LogP contribution in [-0.4, -0.2) is 56.7 Å². The Kier molecular flexibility index (Phi) is 6.26. The van der Waals surface area contributed by atoms with Crippen LogP contribution in [0.1, 0.15) is 0 Å². The maximum Gasteiger partial charge on any atom is 0.238 e. The van der Waals surface area contributed by atoms with Gasteiger partial charge in [0.1, 0.15) is 0 Å². The summed E-state index contributed by atoms with van der Waals surface area (Å²) in [6.07, 6.45) is 0.117. The molecular weight excluding hydrogens is 313 g/mol. The Morgan fingerprint density at radius 1 is 1.48 bits per heavy atom. The molecule has 1 unspecified atom stereocenters. The summed E-state index contributed by atoms with van der Waals surface area (Å²) in [5.41, 5.74) is 0.536. The molecule has 1 amide bonds. The van der Waals surface area contributed by atoms with Crippen LogP contribution in [0.15, 0.2) is 18.2 Å². The number of likely N-dealkylation sites (N-methyl/N-ethyl adjacent to an activating group) is 1. The molecule has 7 heteroatoms. The summed E-state index contributed by atoms with van der Waals surface area (Å²) in [6.45, 7) is 3.21. The number of halogens is 2. The summed E-state index contributed by atoms with van der Waals surface area (Å²) in [5, 5.41) is 6.88. The highest BCUT2D eigenvalue weighted by Crippen LogP contribution is 2.25. The van der Waals surface area contributed by atoms with Crippen molar-refractivity contribution in [3.63, 3.8) is 0 Å². The fourth-order valence-corrected chi connectivity index (χ4v) is 2.60. The van der Waals surface area contributed by atoms with Gasteiger partial charge in [-0.05, 0) is 25.2 Å². The quantitative estimate of drug-likeness (QED) is 0.864. The Bertz CT molecular complexity index is 497. The highest BCUT2D eigenvalue weighted by Gasteiger charge is 2.21. The molecule has 21 heavy (non-hydrogen) atoms. The Morgan fingerprint density at radius 3 is 3.05 bits per heavy atom. The van der Waals surface area contributed by atoms with Crippen molar-refractivity contribution in [2.45, 2.75) is 6.10 Å². The maximum absolute atomic E-state index is 12.1. The smallest absolute Gasteiger partial charge is 0.238 e. The molecule has 1 saturated heterocycles. The van der Waals surface area contributed by atoms with Gasteiger partial charge in [0.25, 0.3) is 0 Å². The molecule has 0 bridgehead atoms. The maximum atomic E-state index is 12.1. The highest BCUT2D eigenvalue weighted by atomic mass is 35.5. The van der Waals surface area contributed by atoms with Crippen molar-refractivity contribution in [3.8, 4) is 0 Å². The van der Waals surface area contributed by atoms with E-state index in [1.54, 1.807) is 18.2 Å². The molecule has 0 saturated carbocycles. The van der Waals surface area contributed by atoms with Gasteiger partial charge < -0.3 is 15.4 Å². The van der Waals surface area contributed by atoms with E-state index < -0.39 is 0 Å². The van der Waals surface area contributed by atoms with Crippen molar-refractivity contribution in [3.05, 3.63) is 28.2 Å². The lowest BCUT2D eigenvalue weighted by Gasteiger charge is -2.32. The van der Waals surface area contributed by atoms with Crippen LogP contribution in [0, 0.1) is 0 Å². The van der Waals surface area contributed by atoms with E-state index in [2.05, 4.69) is 15.5 Å². The summed E-state index contributed by atoms with van der Waals surface area (Å²) in [6, 6.07) is 4.99. The minimum Gasteiger partial charge on any atom is -0.374 e. The van der Waals surface area contributed by atoms with Crippen LogP contribution in [0.2, 0.25) is 10.0 Å². The van der Waals surface area contributed by atoms with Gasteiger partial charge in [-0.15, -0.1) is 0 Å². The van der Waals surface area contributed by atoms with Crippen LogP contribution < -0.4 is 10.6 Å². The first kappa shape index (κ1) is 16.5.